The van der Waals surface area contributed by atoms with Gasteiger partial charge in [-0.15, -0.1) is 5.10 Å². The van der Waals surface area contributed by atoms with Crippen LogP contribution in [0.4, 0.5) is 5.95 Å². The average molecular weight is 1230 g/mol. The second-order valence-electron chi connectivity index (χ2n) is 19.1. The molecule has 0 aromatic carbocycles. The monoisotopic (exact) mass is 1230 g/mol. The molecule has 0 amide bonds. The highest BCUT2D eigenvalue weighted by Gasteiger charge is 2.20. The van der Waals surface area contributed by atoms with Gasteiger partial charge < -0.3 is 79.7 Å². The van der Waals surface area contributed by atoms with Gasteiger partial charge in [0, 0.05) is 163 Å². The molecule has 0 radical (unpaired) electrons. The Kier molecular flexibility index (Phi) is 42.0. The molecule has 0 aliphatic carbocycles. The third-order valence-corrected chi connectivity index (χ3v) is 13.1. The first-order valence-electron chi connectivity index (χ1n) is 27.5. The summed E-state index contributed by atoms with van der Waals surface area (Å²) in [7, 11) is 11.2. The number of ketones is 1. The number of nitrogen functional groups attached to an aromatic ring is 1. The van der Waals surface area contributed by atoms with Gasteiger partial charge in [-0.2, -0.15) is 14.6 Å². The molecule has 28 nitrogen and oxygen atoms in total. The van der Waals surface area contributed by atoms with Crippen LogP contribution >= 0.6 is 15.9 Å². The van der Waals surface area contributed by atoms with Crippen LogP contribution in [0.2, 0.25) is 0 Å². The van der Waals surface area contributed by atoms with Crippen LogP contribution in [0.3, 0.4) is 0 Å². The van der Waals surface area contributed by atoms with E-state index in [1.54, 1.807) is 39.9 Å². The van der Waals surface area contributed by atoms with Crippen molar-refractivity contribution < 1.29 is 53.8 Å². The maximum absolute atomic E-state index is 10.6. The number of hydrogen-bond donors (Lipinski definition) is 5. The number of hydrogen-bond acceptors (Lipinski definition) is 25. The van der Waals surface area contributed by atoms with Crippen molar-refractivity contribution in [1.82, 2.24) is 54.3 Å². The number of Topliss-reactive ketones (excluding diaryl/α,β-unsaturated/α-hetero) is 1. The first kappa shape index (κ1) is 74.7. The third kappa shape index (κ3) is 29.8. The number of carbonyl (C=O) groups is 1. The number of alkyl halides is 1. The summed E-state index contributed by atoms with van der Waals surface area (Å²) in [4.78, 5) is 44.3. The fourth-order valence-corrected chi connectivity index (χ4v) is 8.26. The Hall–Kier alpha value is -5.31. The topological polar surface area (TPSA) is 345 Å². The molecule has 468 valence electrons. The number of anilines is 1. The molecule has 0 unspecified atom stereocenters. The van der Waals surface area contributed by atoms with Crippen molar-refractivity contribution in [1.29, 1.82) is 0 Å². The van der Waals surface area contributed by atoms with Gasteiger partial charge >= 0.3 is 0 Å². The minimum Gasteiger partial charge on any atom is -0.461 e. The molecule has 0 saturated carbocycles. The maximum Gasteiger partial charge on any atom is 0.225 e. The Bertz CT molecular complexity index is 2340. The number of oxime groups is 4. The van der Waals surface area contributed by atoms with E-state index in [1.165, 1.54) is 10.2 Å². The second-order valence-corrected chi connectivity index (χ2v) is 19.9. The van der Waals surface area contributed by atoms with Crippen molar-refractivity contribution >= 4 is 67.2 Å². The zero-order valence-electron chi connectivity index (χ0n) is 49.0. The number of furan rings is 1. The minimum absolute atomic E-state index is 0. The zero-order chi connectivity index (χ0) is 58.2. The fourth-order valence-electron chi connectivity index (χ4n) is 7.93. The second kappa shape index (κ2) is 46.1. The highest BCUT2D eigenvalue weighted by atomic mass is 79.9. The van der Waals surface area contributed by atoms with E-state index < -0.39 is 0 Å². The van der Waals surface area contributed by atoms with Crippen molar-refractivity contribution in [2.75, 3.05) is 165 Å². The molecule has 9 heterocycles. The molecule has 4 aromatic rings. The van der Waals surface area contributed by atoms with Crippen molar-refractivity contribution in [2.45, 2.75) is 91.5 Å². The summed E-state index contributed by atoms with van der Waals surface area (Å²) in [5.74, 6) is 5.23. The van der Waals surface area contributed by atoms with Gasteiger partial charge in [0.1, 0.15) is 25.6 Å². The first-order valence-corrected chi connectivity index (χ1v) is 28.6. The summed E-state index contributed by atoms with van der Waals surface area (Å²) in [5.41, 5.74) is 11.9. The number of methoxy groups -OCH3 is 3. The van der Waals surface area contributed by atoms with E-state index in [1.807, 2.05) is 17.8 Å². The van der Waals surface area contributed by atoms with Gasteiger partial charge in [-0.05, 0) is 39.7 Å². The molecular weight excluding hydrogens is 1130 g/mol. The van der Waals surface area contributed by atoms with Gasteiger partial charge in [0.05, 0.1) is 67.1 Å². The Morgan fingerprint density at radius 1 is 0.683 bits per heavy atom. The molecule has 5 fully saturated rings. The summed E-state index contributed by atoms with van der Waals surface area (Å²) < 4.78 is 23.1. The number of nitrogens with zero attached hydrogens (tertiary/aromatic N) is 14. The van der Waals surface area contributed by atoms with E-state index in [4.69, 9.17) is 44.6 Å². The molecule has 0 atom stereocenters. The lowest BCUT2D eigenvalue weighted by Gasteiger charge is -2.27. The smallest absolute Gasteiger partial charge is 0.225 e. The number of nitrogens with one attached hydrogen (secondary N) is 1. The van der Waals surface area contributed by atoms with Crippen LogP contribution in [0, 0.1) is 0 Å². The lowest BCUT2D eigenvalue weighted by Crippen LogP contribution is -2.36. The highest BCUT2D eigenvalue weighted by molar-refractivity contribution is 9.09. The highest BCUT2D eigenvalue weighted by Crippen LogP contribution is 2.24. The predicted molar refractivity (Wildman–Crippen MR) is 325 cm³/mol. The van der Waals surface area contributed by atoms with Crippen molar-refractivity contribution in [2.24, 2.45) is 26.5 Å². The van der Waals surface area contributed by atoms with E-state index in [2.05, 4.69) is 113 Å². The van der Waals surface area contributed by atoms with Gasteiger partial charge in [-0.25, -0.2) is 15.6 Å². The van der Waals surface area contributed by atoms with Gasteiger partial charge in [0.25, 0.3) is 0 Å². The van der Waals surface area contributed by atoms with Gasteiger partial charge in [-0.1, -0.05) is 50.9 Å². The minimum atomic E-state index is 0. The Morgan fingerprint density at radius 3 is 1.65 bits per heavy atom. The quantitative estimate of drug-likeness (QED) is 0.0425. The number of likely N-dealkylation sites (tertiary alicyclic amines) is 4. The van der Waals surface area contributed by atoms with E-state index in [9.17, 15) is 4.79 Å². The van der Waals surface area contributed by atoms with Crippen molar-refractivity contribution in [3.63, 3.8) is 0 Å². The summed E-state index contributed by atoms with van der Waals surface area (Å²) in [6, 6.07) is 3.60. The van der Waals surface area contributed by atoms with Crippen LogP contribution in [0.5, 0.6) is 0 Å². The summed E-state index contributed by atoms with van der Waals surface area (Å²) in [6.45, 7) is 17.6. The summed E-state index contributed by atoms with van der Waals surface area (Å²) in [5, 5.41) is 44.3. The standard InChI is InChI=1S/C20H25N9O2.C9H18N2O2.C8H16N2O2.C6H12N2O.C6H11NO.C3H7BrO.CH4.H3NO.H2O/c1-2-11-31-26-14-5-7-27(8-6-14)9-10-28-18-15(13-22-28)19-23-17(16-4-3-12-30-16)25-29(19)20(21)24-18;1-11-5-3-9(4-6-11)10-13-8-7-12-2;1-11-6-7-12-10-8-2-4-9-5-3-8;1-8-4-2-6(7-9)3-5-8;1-7-4-2-6(8)3-5-7;1-5-3-2-4;;1-2;/h3-4,12-13H,2,5-11H2,1H3,(H2,21,24);3-8H2,1-2H3;9H,2-7H2,1H3;9H,2-5H2,1H3;2-5H2,1H3;2-3H2,1H3;1H4;2H,1H2;1H2. The van der Waals surface area contributed by atoms with Crippen molar-refractivity contribution in [3.8, 4) is 11.6 Å². The molecule has 5 aliphatic heterocycles. The lowest BCUT2D eigenvalue weighted by atomic mass is 10.1. The third-order valence-electron chi connectivity index (χ3n) is 12.8. The van der Waals surface area contributed by atoms with Gasteiger partial charge in [0.2, 0.25) is 11.8 Å². The summed E-state index contributed by atoms with van der Waals surface area (Å²) >= 11 is 3.18. The normalized spacial score (nSPS) is 16.6. The first-order chi connectivity index (χ1) is 39.0. The van der Waals surface area contributed by atoms with Crippen LogP contribution in [0.1, 0.15) is 85.0 Å². The zero-order valence-corrected chi connectivity index (χ0v) is 50.6. The average Bonchev–Trinajstić information content (AvgIpc) is 4.47. The van der Waals surface area contributed by atoms with Crippen LogP contribution in [-0.4, -0.2) is 253 Å². The molecule has 4 aromatic heterocycles. The van der Waals surface area contributed by atoms with Gasteiger partial charge in [-0.3, -0.25) is 4.79 Å². The Balaban J connectivity index is 0.000000550. The number of aromatic nitrogens is 6. The summed E-state index contributed by atoms with van der Waals surface area (Å²) in [6.07, 6.45) is 13.6. The largest absolute Gasteiger partial charge is 0.461 e. The number of halogens is 1. The number of fused-ring (bicyclic) bond motifs is 3. The van der Waals surface area contributed by atoms with E-state index >= 15 is 0 Å². The van der Waals surface area contributed by atoms with Crippen LogP contribution in [-0.2, 0) is 40.1 Å². The SMILES string of the molecule is C.CCCON=C1CCN(CCn2ncc3c2nc(N)n2nc(-c4ccco4)nc32)CC1.CN1CCC(=NO)CC1.CN1CCC(=O)CC1.COCCBr.COCCON=C1CCN(C)CC1.COCCON=C1CCNCC1.NO.O. The molecule has 9 rings (SSSR count). The number of piperidine rings is 5. The van der Waals surface area contributed by atoms with E-state index in [0.29, 0.717) is 68.2 Å². The van der Waals surface area contributed by atoms with Crippen LogP contribution in [0.15, 0.2) is 49.6 Å². The number of rotatable bonds is 17. The maximum atomic E-state index is 10.6. The Labute approximate surface area is 492 Å². The molecular formula is C53H98BrN17O11. The van der Waals surface area contributed by atoms with Crippen LogP contribution in [0.25, 0.3) is 28.3 Å². The molecule has 9 N–H and O–H groups in total. The molecule has 0 spiro atoms. The fraction of sp³-hybridized carbons (Fsp3) is 0.717. The van der Waals surface area contributed by atoms with Crippen LogP contribution < -0.4 is 16.9 Å². The van der Waals surface area contributed by atoms with E-state index in [-0.39, 0.29) is 18.9 Å². The number of nitrogens with two attached hydrogens (primary N) is 2. The van der Waals surface area contributed by atoms with E-state index in [0.717, 1.165) is 177 Å². The molecule has 5 saturated heterocycles. The molecule has 82 heavy (non-hydrogen) atoms. The van der Waals surface area contributed by atoms with Gasteiger partial charge in [0.15, 0.2) is 17.1 Å². The predicted octanol–water partition coefficient (Wildman–Crippen LogP) is 4.31. The lowest BCUT2D eigenvalue weighted by molar-refractivity contribution is -0.121. The van der Waals surface area contributed by atoms with Crippen molar-refractivity contribution in [3.05, 3.63) is 24.6 Å². The molecule has 29 heteroatoms. The number of ether oxygens (including phenoxy) is 3. The molecule has 5 aliphatic rings. The Morgan fingerprint density at radius 2 is 1.18 bits per heavy atom. The number of carbonyl (C=O) groups excluding carboxylic acids is 1. The molecule has 0 bridgehead atoms.